The van der Waals surface area contributed by atoms with E-state index in [-0.39, 0.29) is 12.4 Å². The number of pyridine rings is 1. The number of thiazole rings is 1. The van der Waals surface area contributed by atoms with Crippen LogP contribution in [0.2, 0.25) is 0 Å². The number of rotatable bonds is 5. The van der Waals surface area contributed by atoms with Crippen LogP contribution in [-0.4, -0.2) is 29.3 Å². The fourth-order valence-electron chi connectivity index (χ4n) is 1.27. The summed E-state index contributed by atoms with van der Waals surface area (Å²) in [4.78, 5) is 19.4. The van der Waals surface area contributed by atoms with Gasteiger partial charge >= 0.3 is 5.97 Å². The molecule has 0 spiro atoms. The van der Waals surface area contributed by atoms with Gasteiger partial charge in [-0.1, -0.05) is 6.07 Å². The number of hydrogen-bond donors (Lipinski definition) is 1. The van der Waals surface area contributed by atoms with E-state index in [0.717, 1.165) is 5.69 Å². The summed E-state index contributed by atoms with van der Waals surface area (Å²) in [5.74, 6) is -0.311. The van der Waals surface area contributed by atoms with E-state index >= 15 is 0 Å². The van der Waals surface area contributed by atoms with Gasteiger partial charge in [-0.2, -0.15) is 5.10 Å². The van der Waals surface area contributed by atoms with Crippen molar-refractivity contribution in [3.63, 3.8) is 0 Å². The summed E-state index contributed by atoms with van der Waals surface area (Å²) in [7, 11) is 1.35. The number of anilines is 1. The SMILES string of the molecule is COC(=O)Cc1csc(N/N=C\c2ccccn2)n1. The quantitative estimate of drug-likeness (QED) is 0.511. The van der Waals surface area contributed by atoms with Crippen LogP contribution in [0.3, 0.4) is 0 Å². The smallest absolute Gasteiger partial charge is 0.311 e. The third-order valence-electron chi connectivity index (χ3n) is 2.15. The Morgan fingerprint density at radius 3 is 3.21 bits per heavy atom. The number of aromatic nitrogens is 2. The molecule has 2 rings (SSSR count). The van der Waals surface area contributed by atoms with Gasteiger partial charge in [-0.05, 0) is 12.1 Å². The summed E-state index contributed by atoms with van der Waals surface area (Å²) in [6.07, 6.45) is 3.46. The molecule has 2 heterocycles. The molecule has 0 aliphatic carbocycles. The maximum atomic E-state index is 11.1. The number of nitrogens with one attached hydrogen (secondary N) is 1. The molecule has 6 nitrogen and oxygen atoms in total. The molecule has 0 aliphatic rings. The third kappa shape index (κ3) is 4.14. The normalized spacial score (nSPS) is 10.6. The standard InChI is InChI=1S/C12H12N4O2S/c1-18-11(17)6-10-8-19-12(15-10)16-14-7-9-4-2-3-5-13-9/h2-5,7-8H,6H2,1H3,(H,15,16)/b14-7-. The van der Waals surface area contributed by atoms with Crippen LogP contribution in [0.4, 0.5) is 5.13 Å². The fourth-order valence-corrected chi connectivity index (χ4v) is 1.92. The number of methoxy groups -OCH3 is 1. The van der Waals surface area contributed by atoms with Gasteiger partial charge < -0.3 is 4.74 Å². The lowest BCUT2D eigenvalue weighted by Crippen LogP contribution is -2.04. The molecule has 2 aromatic heterocycles. The summed E-state index contributed by atoms with van der Waals surface area (Å²) >= 11 is 1.37. The van der Waals surface area contributed by atoms with Crippen molar-refractivity contribution in [3.05, 3.63) is 41.2 Å². The van der Waals surface area contributed by atoms with Gasteiger partial charge in [-0.3, -0.25) is 15.2 Å². The first-order chi connectivity index (χ1) is 9.28. The Bertz CT molecular complexity index is 568. The minimum Gasteiger partial charge on any atom is -0.469 e. The Morgan fingerprint density at radius 1 is 1.58 bits per heavy atom. The number of esters is 1. The second-order valence-corrected chi connectivity index (χ2v) is 4.38. The average molecular weight is 276 g/mol. The molecule has 0 radical (unpaired) electrons. The molecular weight excluding hydrogens is 264 g/mol. The van der Waals surface area contributed by atoms with Gasteiger partial charge in [0.25, 0.3) is 0 Å². The Hall–Kier alpha value is -2.28. The second-order valence-electron chi connectivity index (χ2n) is 3.52. The molecule has 0 atom stereocenters. The Labute approximate surface area is 114 Å². The summed E-state index contributed by atoms with van der Waals surface area (Å²) in [6.45, 7) is 0. The highest BCUT2D eigenvalue weighted by Crippen LogP contribution is 2.15. The zero-order valence-electron chi connectivity index (χ0n) is 10.2. The highest BCUT2D eigenvalue weighted by Gasteiger charge is 2.06. The summed E-state index contributed by atoms with van der Waals surface area (Å²) in [5.41, 5.74) is 4.20. The van der Waals surface area contributed by atoms with Gasteiger partial charge in [0.15, 0.2) is 0 Å². The number of hydrogen-bond acceptors (Lipinski definition) is 7. The largest absolute Gasteiger partial charge is 0.469 e. The van der Waals surface area contributed by atoms with E-state index in [1.807, 2.05) is 18.2 Å². The van der Waals surface area contributed by atoms with E-state index in [0.29, 0.717) is 10.8 Å². The van der Waals surface area contributed by atoms with Crippen molar-refractivity contribution < 1.29 is 9.53 Å². The maximum Gasteiger partial charge on any atom is 0.311 e. The first-order valence-corrected chi connectivity index (χ1v) is 6.37. The molecule has 2 aromatic rings. The molecule has 0 saturated carbocycles. The molecule has 0 amide bonds. The number of carbonyl (C=O) groups excluding carboxylic acids is 1. The average Bonchev–Trinajstić information content (AvgIpc) is 2.87. The minimum absolute atomic E-state index is 0.165. The molecular formula is C12H12N4O2S. The van der Waals surface area contributed by atoms with Crippen molar-refractivity contribution in [2.75, 3.05) is 12.5 Å². The van der Waals surface area contributed by atoms with Gasteiger partial charge in [0.05, 0.1) is 31.1 Å². The van der Waals surface area contributed by atoms with Gasteiger partial charge in [0.2, 0.25) is 5.13 Å². The van der Waals surface area contributed by atoms with E-state index in [1.165, 1.54) is 18.4 Å². The number of carbonyl (C=O) groups is 1. The van der Waals surface area contributed by atoms with Gasteiger partial charge in [0.1, 0.15) is 0 Å². The Kier molecular flexibility index (Phi) is 4.57. The van der Waals surface area contributed by atoms with Crippen LogP contribution in [0, 0.1) is 0 Å². The van der Waals surface area contributed by atoms with Crippen LogP contribution in [-0.2, 0) is 16.0 Å². The molecule has 0 aliphatic heterocycles. The van der Waals surface area contributed by atoms with Crippen LogP contribution in [0.25, 0.3) is 0 Å². The summed E-state index contributed by atoms with van der Waals surface area (Å²) in [5, 5.41) is 6.42. The number of hydrazone groups is 1. The van der Waals surface area contributed by atoms with E-state index in [2.05, 4.69) is 25.2 Å². The van der Waals surface area contributed by atoms with Crippen LogP contribution < -0.4 is 5.43 Å². The lowest BCUT2D eigenvalue weighted by atomic mass is 10.3. The van der Waals surface area contributed by atoms with Crippen molar-refractivity contribution in [2.45, 2.75) is 6.42 Å². The van der Waals surface area contributed by atoms with Crippen LogP contribution in [0.5, 0.6) is 0 Å². The molecule has 7 heteroatoms. The van der Waals surface area contributed by atoms with Crippen molar-refractivity contribution in [1.82, 2.24) is 9.97 Å². The van der Waals surface area contributed by atoms with Crippen LogP contribution >= 0.6 is 11.3 Å². The summed E-state index contributed by atoms with van der Waals surface area (Å²) in [6, 6.07) is 5.56. The van der Waals surface area contributed by atoms with E-state index in [4.69, 9.17) is 0 Å². The van der Waals surface area contributed by atoms with Crippen molar-refractivity contribution in [2.24, 2.45) is 5.10 Å². The molecule has 1 N–H and O–H groups in total. The molecule has 19 heavy (non-hydrogen) atoms. The first kappa shape index (κ1) is 13.2. The van der Waals surface area contributed by atoms with Crippen molar-refractivity contribution in [3.8, 4) is 0 Å². The summed E-state index contributed by atoms with van der Waals surface area (Å²) < 4.78 is 4.57. The molecule has 0 bridgehead atoms. The molecule has 0 unspecified atom stereocenters. The molecule has 0 fully saturated rings. The van der Waals surface area contributed by atoms with Crippen molar-refractivity contribution in [1.29, 1.82) is 0 Å². The second kappa shape index (κ2) is 6.60. The third-order valence-corrected chi connectivity index (χ3v) is 2.95. The van der Waals surface area contributed by atoms with E-state index < -0.39 is 0 Å². The minimum atomic E-state index is -0.311. The van der Waals surface area contributed by atoms with Crippen LogP contribution in [0.1, 0.15) is 11.4 Å². The van der Waals surface area contributed by atoms with Crippen molar-refractivity contribution >= 4 is 28.7 Å². The Balaban J connectivity index is 1.90. The monoisotopic (exact) mass is 276 g/mol. The predicted octanol–water partition coefficient (Wildman–Crippen LogP) is 1.70. The van der Waals surface area contributed by atoms with Gasteiger partial charge in [-0.15, -0.1) is 11.3 Å². The first-order valence-electron chi connectivity index (χ1n) is 5.49. The number of ether oxygens (including phenoxy) is 1. The van der Waals surface area contributed by atoms with Gasteiger partial charge in [0, 0.05) is 11.6 Å². The lowest BCUT2D eigenvalue weighted by molar-refractivity contribution is -0.139. The number of nitrogens with zero attached hydrogens (tertiary/aromatic N) is 3. The molecule has 0 saturated heterocycles. The molecule has 98 valence electrons. The maximum absolute atomic E-state index is 11.1. The highest BCUT2D eigenvalue weighted by molar-refractivity contribution is 7.13. The fraction of sp³-hybridized carbons (Fsp3) is 0.167. The lowest BCUT2D eigenvalue weighted by Gasteiger charge is -1.95. The predicted molar refractivity (Wildman–Crippen MR) is 73.3 cm³/mol. The Morgan fingerprint density at radius 2 is 2.47 bits per heavy atom. The van der Waals surface area contributed by atoms with E-state index in [1.54, 1.807) is 17.8 Å². The van der Waals surface area contributed by atoms with Crippen LogP contribution in [0.15, 0.2) is 34.9 Å². The zero-order valence-corrected chi connectivity index (χ0v) is 11.1. The van der Waals surface area contributed by atoms with Gasteiger partial charge in [-0.25, -0.2) is 4.98 Å². The zero-order chi connectivity index (χ0) is 13.5. The highest BCUT2D eigenvalue weighted by atomic mass is 32.1. The topological polar surface area (TPSA) is 76.5 Å². The van der Waals surface area contributed by atoms with E-state index in [9.17, 15) is 4.79 Å². The molecule has 0 aromatic carbocycles.